The van der Waals surface area contributed by atoms with E-state index in [-0.39, 0.29) is 24.3 Å². The number of rotatable bonds is 5. The van der Waals surface area contributed by atoms with Gasteiger partial charge in [0.1, 0.15) is 11.7 Å². The van der Waals surface area contributed by atoms with E-state index in [0.717, 1.165) is 11.3 Å². The average Bonchev–Trinajstić information content (AvgIpc) is 3.30. The second kappa shape index (κ2) is 8.78. The van der Waals surface area contributed by atoms with E-state index in [4.69, 9.17) is 5.26 Å². The number of carbonyl (C=O) groups is 3. The maximum Gasteiger partial charge on any atom is 0.405 e. The highest BCUT2D eigenvalue weighted by molar-refractivity contribution is 5.95. The minimum absolute atomic E-state index is 0.0327. The molecule has 0 aromatic heterocycles. The van der Waals surface area contributed by atoms with E-state index in [1.54, 1.807) is 29.2 Å². The number of carboxylic acid groups (broad SMARTS) is 1. The van der Waals surface area contributed by atoms with Crippen molar-refractivity contribution in [3.05, 3.63) is 47.3 Å². The van der Waals surface area contributed by atoms with Crippen molar-refractivity contribution in [2.75, 3.05) is 33.5 Å². The van der Waals surface area contributed by atoms with Crippen LogP contribution in [0.15, 0.2) is 36.2 Å². The molecule has 0 aliphatic carbocycles. The van der Waals surface area contributed by atoms with Crippen molar-refractivity contribution in [3.8, 4) is 6.07 Å². The van der Waals surface area contributed by atoms with Crippen LogP contribution >= 0.6 is 0 Å². The highest BCUT2D eigenvalue weighted by Crippen LogP contribution is 2.29. The van der Waals surface area contributed by atoms with E-state index in [2.05, 4.69) is 5.32 Å². The zero-order valence-corrected chi connectivity index (χ0v) is 17.9. The molecule has 1 atom stereocenters. The molecule has 0 unspecified atom stereocenters. The largest absolute Gasteiger partial charge is 0.465 e. The van der Waals surface area contributed by atoms with Crippen LogP contribution in [0.2, 0.25) is 0 Å². The van der Waals surface area contributed by atoms with E-state index >= 15 is 0 Å². The van der Waals surface area contributed by atoms with Crippen molar-refractivity contribution < 1.29 is 19.5 Å². The molecule has 2 N–H and O–H groups in total. The number of nitrogens with one attached hydrogen (secondary N) is 1. The first-order valence-corrected chi connectivity index (χ1v) is 10.6. The maximum atomic E-state index is 13.1. The van der Waals surface area contributed by atoms with E-state index in [1.165, 1.54) is 0 Å². The number of likely N-dealkylation sites (tertiary alicyclic amines) is 1. The number of hydrogen-bond donors (Lipinski definition) is 2. The molecule has 3 amide bonds. The lowest BCUT2D eigenvalue weighted by molar-refractivity contribution is -0.135. The zero-order chi connectivity index (χ0) is 22.8. The molecule has 2 saturated heterocycles. The van der Waals surface area contributed by atoms with Crippen LogP contribution in [0.4, 0.5) is 4.79 Å². The molecule has 1 aromatic carbocycles. The topological polar surface area (TPSA) is 120 Å². The molecule has 3 aliphatic heterocycles. The Morgan fingerprint density at radius 1 is 1.22 bits per heavy atom. The van der Waals surface area contributed by atoms with Crippen LogP contribution in [0.25, 0.3) is 0 Å². The molecule has 1 aromatic rings. The van der Waals surface area contributed by atoms with E-state index in [1.807, 2.05) is 34.0 Å². The van der Waals surface area contributed by atoms with E-state index in [0.29, 0.717) is 44.8 Å². The van der Waals surface area contributed by atoms with Gasteiger partial charge in [-0.05, 0) is 30.5 Å². The van der Waals surface area contributed by atoms with Gasteiger partial charge in [-0.3, -0.25) is 9.59 Å². The molecule has 2 fully saturated rings. The molecule has 168 valence electrons. The Morgan fingerprint density at radius 2 is 1.91 bits per heavy atom. The number of hydrogen-bond acceptors (Lipinski definition) is 6. The fourth-order valence-electron chi connectivity index (χ4n) is 4.58. The van der Waals surface area contributed by atoms with E-state index in [9.17, 15) is 19.5 Å². The molecular weight excluding hydrogens is 412 g/mol. The Morgan fingerprint density at radius 3 is 2.50 bits per heavy atom. The summed E-state index contributed by atoms with van der Waals surface area (Å²) in [6.45, 7) is 2.21. The van der Waals surface area contributed by atoms with Gasteiger partial charge in [-0.15, -0.1) is 0 Å². The normalized spacial score (nSPS) is 19.5. The Balaban J connectivity index is 1.37. The van der Waals surface area contributed by atoms with Crippen LogP contribution in [0.1, 0.15) is 24.0 Å². The quantitative estimate of drug-likeness (QED) is 0.690. The molecule has 0 spiro atoms. The van der Waals surface area contributed by atoms with Gasteiger partial charge < -0.3 is 30.0 Å². The summed E-state index contributed by atoms with van der Waals surface area (Å²) in [7, 11) is 1.94. The maximum absolute atomic E-state index is 13.1. The SMILES string of the molecule is CN1C=C2C(=O)N(C3CCN(C(=O)[C@@H](Cc4ccc(C#N)cc4)NC(=O)O)CC3)CN2C1. The van der Waals surface area contributed by atoms with Crippen molar-refractivity contribution in [1.29, 1.82) is 5.26 Å². The molecule has 0 bridgehead atoms. The van der Waals surface area contributed by atoms with Crippen LogP contribution in [0.3, 0.4) is 0 Å². The first kappa shape index (κ1) is 21.5. The summed E-state index contributed by atoms with van der Waals surface area (Å²) in [6, 6.07) is 7.95. The van der Waals surface area contributed by atoms with Crippen LogP contribution in [0, 0.1) is 11.3 Å². The smallest absolute Gasteiger partial charge is 0.405 e. The molecule has 0 radical (unpaired) electrons. The lowest BCUT2D eigenvalue weighted by Crippen LogP contribution is -2.54. The van der Waals surface area contributed by atoms with Crippen molar-refractivity contribution in [2.24, 2.45) is 0 Å². The van der Waals surface area contributed by atoms with Crippen molar-refractivity contribution in [3.63, 3.8) is 0 Å². The summed E-state index contributed by atoms with van der Waals surface area (Å²) < 4.78 is 0. The fraction of sp³-hybridized carbons (Fsp3) is 0.455. The molecule has 3 heterocycles. The lowest BCUT2D eigenvalue weighted by Gasteiger charge is -2.38. The highest BCUT2D eigenvalue weighted by atomic mass is 16.4. The Kier molecular flexibility index (Phi) is 5.90. The molecule has 32 heavy (non-hydrogen) atoms. The summed E-state index contributed by atoms with van der Waals surface area (Å²) in [6.07, 6.45) is 2.13. The standard InChI is InChI=1S/C22H26N6O4/c1-25-12-19-21(30)28(14-27(19)13-25)17-6-8-26(9-7-17)20(29)18(24-22(31)32)10-15-2-4-16(11-23)5-3-15/h2-5,12,17-18,24H,6-10,13-14H2,1H3,(H,31,32)/t18-/m1/s1. The molecule has 10 heteroatoms. The third-order valence-corrected chi connectivity index (χ3v) is 6.22. The number of fused-ring (bicyclic) bond motifs is 1. The van der Waals surface area contributed by atoms with Crippen molar-refractivity contribution in [2.45, 2.75) is 31.3 Å². The van der Waals surface area contributed by atoms with Crippen LogP contribution < -0.4 is 5.32 Å². The van der Waals surface area contributed by atoms with Gasteiger partial charge in [0, 0.05) is 38.8 Å². The van der Waals surface area contributed by atoms with Crippen LogP contribution in [-0.2, 0) is 16.0 Å². The molecule has 3 aliphatic rings. The summed E-state index contributed by atoms with van der Waals surface area (Å²) in [5, 5.41) is 20.5. The fourth-order valence-corrected chi connectivity index (χ4v) is 4.58. The first-order valence-electron chi connectivity index (χ1n) is 10.6. The summed E-state index contributed by atoms with van der Waals surface area (Å²) in [5.41, 5.74) is 2.00. The van der Waals surface area contributed by atoms with E-state index < -0.39 is 12.1 Å². The zero-order valence-electron chi connectivity index (χ0n) is 17.9. The first-order chi connectivity index (χ1) is 15.4. The van der Waals surface area contributed by atoms with Crippen LogP contribution in [-0.4, -0.2) is 88.2 Å². The second-order valence-corrected chi connectivity index (χ2v) is 8.44. The Hall–Kier alpha value is -3.74. The van der Waals surface area contributed by atoms with Crippen molar-refractivity contribution in [1.82, 2.24) is 24.9 Å². The third-order valence-electron chi connectivity index (χ3n) is 6.22. The average molecular weight is 438 g/mol. The third kappa shape index (κ3) is 4.32. The van der Waals surface area contributed by atoms with Crippen LogP contribution in [0.5, 0.6) is 0 Å². The number of nitriles is 1. The van der Waals surface area contributed by atoms with Gasteiger partial charge in [0.05, 0.1) is 25.0 Å². The minimum atomic E-state index is -1.26. The second-order valence-electron chi connectivity index (χ2n) is 8.44. The number of benzene rings is 1. The number of amides is 3. The van der Waals surface area contributed by atoms with Gasteiger partial charge in [-0.1, -0.05) is 12.1 Å². The molecule has 10 nitrogen and oxygen atoms in total. The Labute approximate surface area is 186 Å². The number of piperidine rings is 1. The monoisotopic (exact) mass is 438 g/mol. The lowest BCUT2D eigenvalue weighted by atomic mass is 10.00. The molecule has 0 saturated carbocycles. The van der Waals surface area contributed by atoms with Gasteiger partial charge >= 0.3 is 6.09 Å². The number of nitrogens with zero attached hydrogens (tertiary/aromatic N) is 5. The molecular formula is C22H26N6O4. The molecule has 4 rings (SSSR count). The predicted octanol–water partition coefficient (Wildman–Crippen LogP) is 0.574. The van der Waals surface area contributed by atoms with Gasteiger partial charge in [0.15, 0.2) is 0 Å². The highest BCUT2D eigenvalue weighted by Gasteiger charge is 2.41. The van der Waals surface area contributed by atoms with Crippen molar-refractivity contribution >= 4 is 17.9 Å². The summed E-state index contributed by atoms with van der Waals surface area (Å²) in [5.74, 6) is -0.238. The van der Waals surface area contributed by atoms with Gasteiger partial charge in [0.25, 0.3) is 5.91 Å². The van der Waals surface area contributed by atoms with Gasteiger partial charge in [0.2, 0.25) is 5.91 Å². The summed E-state index contributed by atoms with van der Waals surface area (Å²) >= 11 is 0. The van der Waals surface area contributed by atoms with Gasteiger partial charge in [-0.25, -0.2) is 4.79 Å². The van der Waals surface area contributed by atoms with Gasteiger partial charge in [-0.2, -0.15) is 5.26 Å². The number of carbonyl (C=O) groups excluding carboxylic acids is 2. The minimum Gasteiger partial charge on any atom is -0.465 e. The Bertz CT molecular complexity index is 977. The summed E-state index contributed by atoms with van der Waals surface area (Å²) in [4.78, 5) is 44.7. The predicted molar refractivity (Wildman–Crippen MR) is 114 cm³/mol.